The topological polar surface area (TPSA) is 116 Å². The van der Waals surface area contributed by atoms with E-state index < -0.39 is 0 Å². The molecule has 2 N–H and O–H groups in total. The van der Waals surface area contributed by atoms with E-state index in [0.29, 0.717) is 28.3 Å². The van der Waals surface area contributed by atoms with Gasteiger partial charge in [0.2, 0.25) is 5.91 Å². The summed E-state index contributed by atoms with van der Waals surface area (Å²) in [5, 5.41) is 16.5. The molecule has 9 heteroatoms. The number of carbonyl (C=O) groups is 1. The normalized spacial score (nSPS) is 10.6. The van der Waals surface area contributed by atoms with E-state index in [9.17, 15) is 9.59 Å². The largest absolute Gasteiger partial charge is 0.325 e. The van der Waals surface area contributed by atoms with Crippen LogP contribution < -0.4 is 10.9 Å². The SMILES string of the molecule is N#CCc1ccc(NC(=O)CSc2nc3c(cnn3-c3ccccc3)c(=O)[nH]2)cc1. The second kappa shape index (κ2) is 8.63. The lowest BCUT2D eigenvalue weighted by Gasteiger charge is -2.06. The number of nitriles is 1. The van der Waals surface area contributed by atoms with Crippen molar-refractivity contribution >= 4 is 34.4 Å². The van der Waals surface area contributed by atoms with E-state index >= 15 is 0 Å². The monoisotopic (exact) mass is 416 g/mol. The maximum absolute atomic E-state index is 12.4. The van der Waals surface area contributed by atoms with Gasteiger partial charge in [0, 0.05) is 5.69 Å². The van der Waals surface area contributed by atoms with Crippen LogP contribution in [-0.2, 0) is 11.2 Å². The molecule has 4 aromatic rings. The summed E-state index contributed by atoms with van der Waals surface area (Å²) in [7, 11) is 0. The lowest BCUT2D eigenvalue weighted by atomic mass is 10.1. The highest BCUT2D eigenvalue weighted by Gasteiger charge is 2.13. The van der Waals surface area contributed by atoms with Crippen molar-refractivity contribution < 1.29 is 4.79 Å². The number of amides is 1. The summed E-state index contributed by atoms with van der Waals surface area (Å²) in [5.74, 6) is -0.152. The van der Waals surface area contributed by atoms with Crippen molar-refractivity contribution in [3.8, 4) is 11.8 Å². The molecule has 0 saturated heterocycles. The van der Waals surface area contributed by atoms with Crippen molar-refractivity contribution in [2.24, 2.45) is 0 Å². The molecule has 0 unspecified atom stereocenters. The number of hydrogen-bond acceptors (Lipinski definition) is 6. The molecule has 0 aliphatic rings. The van der Waals surface area contributed by atoms with Crippen LogP contribution in [0.5, 0.6) is 0 Å². The first-order valence-corrected chi connectivity index (χ1v) is 10.0. The zero-order chi connectivity index (χ0) is 20.9. The zero-order valence-corrected chi connectivity index (χ0v) is 16.5. The Morgan fingerprint density at radius 1 is 1.17 bits per heavy atom. The highest BCUT2D eigenvalue weighted by Crippen LogP contribution is 2.18. The number of anilines is 1. The van der Waals surface area contributed by atoms with Crippen LogP contribution in [0.25, 0.3) is 16.7 Å². The molecule has 0 saturated carbocycles. The Labute approximate surface area is 175 Å². The van der Waals surface area contributed by atoms with E-state index in [1.54, 1.807) is 28.9 Å². The number of aromatic amines is 1. The predicted molar refractivity (Wildman–Crippen MR) is 115 cm³/mol. The highest BCUT2D eigenvalue weighted by molar-refractivity contribution is 7.99. The van der Waals surface area contributed by atoms with Gasteiger partial charge in [0.25, 0.3) is 5.56 Å². The first-order chi connectivity index (χ1) is 14.6. The van der Waals surface area contributed by atoms with Gasteiger partial charge in [-0.3, -0.25) is 9.59 Å². The van der Waals surface area contributed by atoms with Gasteiger partial charge >= 0.3 is 0 Å². The van der Waals surface area contributed by atoms with E-state index in [4.69, 9.17) is 5.26 Å². The summed E-state index contributed by atoms with van der Waals surface area (Å²) in [5.41, 5.74) is 2.44. The van der Waals surface area contributed by atoms with Crippen LogP contribution in [0.15, 0.2) is 70.7 Å². The summed E-state index contributed by atoms with van der Waals surface area (Å²) in [6, 6.07) is 18.6. The summed E-state index contributed by atoms with van der Waals surface area (Å²) in [6.45, 7) is 0. The fraction of sp³-hybridized carbons (Fsp3) is 0.0952. The molecular weight excluding hydrogens is 400 g/mol. The number of H-pyrrole nitrogens is 1. The maximum Gasteiger partial charge on any atom is 0.262 e. The number of hydrogen-bond donors (Lipinski definition) is 2. The van der Waals surface area contributed by atoms with E-state index in [1.807, 2.05) is 30.3 Å². The molecule has 0 bridgehead atoms. The third-order valence-electron chi connectivity index (χ3n) is 4.28. The molecule has 0 aliphatic heterocycles. The summed E-state index contributed by atoms with van der Waals surface area (Å²) in [6.07, 6.45) is 1.80. The molecule has 0 spiro atoms. The van der Waals surface area contributed by atoms with E-state index in [2.05, 4.69) is 26.5 Å². The van der Waals surface area contributed by atoms with Gasteiger partial charge in [0.1, 0.15) is 5.39 Å². The molecule has 8 nitrogen and oxygen atoms in total. The van der Waals surface area contributed by atoms with Crippen LogP contribution in [0.4, 0.5) is 5.69 Å². The molecule has 30 heavy (non-hydrogen) atoms. The predicted octanol–water partition coefficient (Wildman–Crippen LogP) is 2.91. The van der Waals surface area contributed by atoms with Gasteiger partial charge in [0.15, 0.2) is 10.8 Å². The lowest BCUT2D eigenvalue weighted by Crippen LogP contribution is -2.15. The minimum Gasteiger partial charge on any atom is -0.325 e. The number of nitrogens with one attached hydrogen (secondary N) is 2. The summed E-state index contributed by atoms with van der Waals surface area (Å²) in [4.78, 5) is 31.8. The minimum atomic E-state index is -0.307. The second-order valence-corrected chi connectivity index (χ2v) is 7.33. The number of rotatable bonds is 6. The third kappa shape index (κ3) is 4.24. The summed E-state index contributed by atoms with van der Waals surface area (Å²) >= 11 is 1.13. The first kappa shape index (κ1) is 19.4. The zero-order valence-electron chi connectivity index (χ0n) is 15.7. The molecule has 2 heterocycles. The average molecular weight is 416 g/mol. The molecule has 1 amide bonds. The van der Waals surface area contributed by atoms with E-state index in [1.165, 1.54) is 6.20 Å². The average Bonchev–Trinajstić information content (AvgIpc) is 3.19. The molecule has 2 aromatic heterocycles. The van der Waals surface area contributed by atoms with Crippen LogP contribution in [0.1, 0.15) is 5.56 Å². The molecule has 148 valence electrons. The van der Waals surface area contributed by atoms with Gasteiger partial charge in [0.05, 0.1) is 30.1 Å². The third-order valence-corrected chi connectivity index (χ3v) is 5.15. The Hall–Kier alpha value is -3.90. The van der Waals surface area contributed by atoms with Gasteiger partial charge in [-0.1, -0.05) is 42.1 Å². The number of carbonyl (C=O) groups excluding carboxylic acids is 1. The second-order valence-electron chi connectivity index (χ2n) is 6.37. The summed E-state index contributed by atoms with van der Waals surface area (Å²) < 4.78 is 1.59. The van der Waals surface area contributed by atoms with Crippen molar-refractivity contribution in [2.75, 3.05) is 11.1 Å². The van der Waals surface area contributed by atoms with Crippen LogP contribution in [0.3, 0.4) is 0 Å². The molecule has 4 rings (SSSR count). The van der Waals surface area contributed by atoms with Gasteiger partial charge in [-0.25, -0.2) is 9.67 Å². The van der Waals surface area contributed by atoms with Crippen LogP contribution >= 0.6 is 11.8 Å². The standard InChI is InChI=1S/C21H16N6O2S/c22-11-10-14-6-8-15(9-7-14)24-18(28)13-30-21-25-19-17(20(29)26-21)12-23-27(19)16-4-2-1-3-5-16/h1-9,12H,10,13H2,(H,24,28)(H,25,26,29). The number of aromatic nitrogens is 4. The Morgan fingerprint density at radius 2 is 1.93 bits per heavy atom. The van der Waals surface area contributed by atoms with Crippen molar-refractivity contribution in [1.29, 1.82) is 5.26 Å². The Kier molecular flexibility index (Phi) is 5.59. The van der Waals surface area contributed by atoms with Gasteiger partial charge in [-0.05, 0) is 29.8 Å². The van der Waals surface area contributed by atoms with Crippen molar-refractivity contribution in [3.05, 3.63) is 76.7 Å². The minimum absolute atomic E-state index is 0.0772. The fourth-order valence-corrected chi connectivity index (χ4v) is 3.51. The molecule has 0 radical (unpaired) electrons. The van der Waals surface area contributed by atoms with Crippen LogP contribution in [0.2, 0.25) is 0 Å². The number of para-hydroxylation sites is 1. The number of benzene rings is 2. The van der Waals surface area contributed by atoms with Crippen LogP contribution in [-0.4, -0.2) is 31.4 Å². The number of fused-ring (bicyclic) bond motifs is 1. The van der Waals surface area contributed by atoms with Crippen molar-refractivity contribution in [2.45, 2.75) is 11.6 Å². The van der Waals surface area contributed by atoms with Gasteiger partial charge in [-0.15, -0.1) is 0 Å². The quantitative estimate of drug-likeness (QED) is 0.369. The molecule has 2 aromatic carbocycles. The van der Waals surface area contributed by atoms with Crippen LogP contribution in [0, 0.1) is 11.3 Å². The Morgan fingerprint density at radius 3 is 2.67 bits per heavy atom. The molecule has 0 fully saturated rings. The van der Waals surface area contributed by atoms with Gasteiger partial charge in [-0.2, -0.15) is 10.4 Å². The van der Waals surface area contributed by atoms with E-state index in [-0.39, 0.29) is 17.2 Å². The Balaban J connectivity index is 1.48. The highest BCUT2D eigenvalue weighted by atomic mass is 32.2. The smallest absolute Gasteiger partial charge is 0.262 e. The van der Waals surface area contributed by atoms with E-state index in [0.717, 1.165) is 23.0 Å². The van der Waals surface area contributed by atoms with Crippen molar-refractivity contribution in [3.63, 3.8) is 0 Å². The number of thioether (sulfide) groups is 1. The fourth-order valence-electron chi connectivity index (χ4n) is 2.85. The Bertz CT molecular complexity index is 1290. The van der Waals surface area contributed by atoms with Gasteiger partial charge < -0.3 is 10.3 Å². The molecular formula is C21H16N6O2S. The maximum atomic E-state index is 12.4. The number of nitrogens with zero attached hydrogens (tertiary/aromatic N) is 4. The lowest BCUT2D eigenvalue weighted by molar-refractivity contribution is -0.113. The van der Waals surface area contributed by atoms with Crippen molar-refractivity contribution in [1.82, 2.24) is 19.7 Å². The first-order valence-electron chi connectivity index (χ1n) is 9.06. The molecule has 0 aliphatic carbocycles. The molecule has 0 atom stereocenters.